The number of anilines is 3. The predicted octanol–water partition coefficient (Wildman–Crippen LogP) is 1.09. The summed E-state index contributed by atoms with van der Waals surface area (Å²) in [6.45, 7) is 2.60. The maximum Gasteiger partial charge on any atom is 0.352 e. The highest BCUT2D eigenvalue weighted by Crippen LogP contribution is 2.43. The number of hydrogen-bond acceptors (Lipinski definition) is 6. The van der Waals surface area contributed by atoms with Crippen LogP contribution in [0.2, 0.25) is 0 Å². The Labute approximate surface area is 154 Å². The number of likely N-dealkylation sites (N-methyl/N-ethyl adjacent to an activating group) is 1. The number of nitrogens with zero attached hydrogens (tertiary/aromatic N) is 3. The number of benzene rings is 1. The topological polar surface area (TPSA) is 118 Å². The summed E-state index contributed by atoms with van der Waals surface area (Å²) < 4.78 is 17.1. The van der Waals surface area contributed by atoms with Crippen LogP contribution < -0.4 is 21.8 Å². The third-order valence-corrected chi connectivity index (χ3v) is 5.43. The second-order valence-electron chi connectivity index (χ2n) is 7.30. The molecular formula is C18H22FN5O3. The molecule has 0 radical (unpaired) electrons. The lowest BCUT2D eigenvalue weighted by Crippen LogP contribution is -2.45. The summed E-state index contributed by atoms with van der Waals surface area (Å²) in [5.41, 5.74) is 11.6. The Morgan fingerprint density at radius 1 is 1.19 bits per heavy atom. The summed E-state index contributed by atoms with van der Waals surface area (Å²) in [6.07, 6.45) is 1.46. The molecule has 144 valence electrons. The number of nitrogen functional groups attached to an aromatic ring is 2. The fraction of sp³-hybridized carbons (Fsp3) is 0.444. The monoisotopic (exact) mass is 375 g/mol. The van der Waals surface area contributed by atoms with Gasteiger partial charge in [0.25, 0.3) is 0 Å². The summed E-state index contributed by atoms with van der Waals surface area (Å²) in [4.78, 5) is 28.2. The van der Waals surface area contributed by atoms with Crippen LogP contribution >= 0.6 is 0 Å². The van der Waals surface area contributed by atoms with E-state index in [0.29, 0.717) is 13.1 Å². The van der Waals surface area contributed by atoms with E-state index in [-0.39, 0.29) is 39.7 Å². The number of carbonyl (C=O) groups is 1. The van der Waals surface area contributed by atoms with E-state index in [9.17, 15) is 14.7 Å². The highest BCUT2D eigenvalue weighted by Gasteiger charge is 2.33. The normalized spacial score (nSPS) is 18.2. The van der Waals surface area contributed by atoms with Crippen LogP contribution in [0.1, 0.15) is 29.4 Å². The van der Waals surface area contributed by atoms with Gasteiger partial charge >= 0.3 is 5.97 Å². The Kier molecular flexibility index (Phi) is 3.99. The molecule has 0 atom stereocenters. The summed E-state index contributed by atoms with van der Waals surface area (Å²) in [5.74, 6) is -1.94. The highest BCUT2D eigenvalue weighted by molar-refractivity contribution is 6.04. The molecule has 0 unspecified atom stereocenters. The van der Waals surface area contributed by atoms with Gasteiger partial charge in [-0.2, -0.15) is 0 Å². The standard InChI is InChI=1S/C18H22FN5O3/c1-22-4-6-23(7-5-22)17-13(19)16-12(14(20)15(17)21)11(25)8-10(18(26)27)24(16)9-2-3-9/h8-9H,2-7,20-21H2,1H3,(H,26,27). The number of pyridine rings is 1. The summed E-state index contributed by atoms with van der Waals surface area (Å²) in [5, 5.41) is 9.49. The molecule has 1 aliphatic carbocycles. The van der Waals surface area contributed by atoms with Crippen LogP contribution in [0.4, 0.5) is 21.5 Å². The average Bonchev–Trinajstić information content (AvgIpc) is 3.45. The number of halogens is 1. The SMILES string of the molecule is CN1CCN(c2c(N)c(N)c3c(=O)cc(C(=O)O)n(C4CC4)c3c2F)CC1. The highest BCUT2D eigenvalue weighted by atomic mass is 19.1. The van der Waals surface area contributed by atoms with E-state index in [0.717, 1.165) is 32.0 Å². The molecule has 8 nitrogen and oxygen atoms in total. The van der Waals surface area contributed by atoms with E-state index in [4.69, 9.17) is 11.5 Å². The lowest BCUT2D eigenvalue weighted by atomic mass is 10.1. The van der Waals surface area contributed by atoms with Crippen molar-refractivity contribution in [3.05, 3.63) is 27.8 Å². The molecule has 1 saturated heterocycles. The lowest BCUT2D eigenvalue weighted by molar-refractivity contribution is 0.0684. The molecule has 0 spiro atoms. The van der Waals surface area contributed by atoms with Gasteiger partial charge in [0, 0.05) is 38.3 Å². The number of aromatic nitrogens is 1. The molecule has 2 heterocycles. The maximum absolute atomic E-state index is 15.7. The Morgan fingerprint density at radius 2 is 1.81 bits per heavy atom. The summed E-state index contributed by atoms with van der Waals surface area (Å²) in [7, 11) is 1.98. The third-order valence-electron chi connectivity index (χ3n) is 5.43. The van der Waals surface area contributed by atoms with E-state index >= 15 is 4.39 Å². The largest absolute Gasteiger partial charge is 0.477 e. The van der Waals surface area contributed by atoms with Gasteiger partial charge in [0.1, 0.15) is 11.4 Å². The Balaban J connectivity index is 2.06. The number of hydrogen-bond donors (Lipinski definition) is 3. The number of nitrogens with two attached hydrogens (primary N) is 2. The zero-order valence-corrected chi connectivity index (χ0v) is 15.0. The van der Waals surface area contributed by atoms with Crippen molar-refractivity contribution in [1.82, 2.24) is 9.47 Å². The van der Waals surface area contributed by atoms with Crippen molar-refractivity contribution in [2.24, 2.45) is 0 Å². The van der Waals surface area contributed by atoms with E-state index in [2.05, 4.69) is 4.90 Å². The number of fused-ring (bicyclic) bond motifs is 1. The van der Waals surface area contributed by atoms with Crippen LogP contribution in [-0.4, -0.2) is 53.8 Å². The van der Waals surface area contributed by atoms with Crippen LogP contribution in [0.5, 0.6) is 0 Å². The van der Waals surface area contributed by atoms with Gasteiger partial charge in [0.05, 0.1) is 22.3 Å². The second-order valence-corrected chi connectivity index (χ2v) is 7.30. The molecular weight excluding hydrogens is 353 g/mol. The zero-order chi connectivity index (χ0) is 19.5. The van der Waals surface area contributed by atoms with Gasteiger partial charge in [0.2, 0.25) is 0 Å². The summed E-state index contributed by atoms with van der Waals surface area (Å²) >= 11 is 0. The Bertz CT molecular complexity index is 1010. The predicted molar refractivity (Wildman–Crippen MR) is 102 cm³/mol. The van der Waals surface area contributed by atoms with Gasteiger partial charge in [-0.25, -0.2) is 9.18 Å². The van der Waals surface area contributed by atoms with Crippen LogP contribution in [0.15, 0.2) is 10.9 Å². The number of rotatable bonds is 3. The van der Waals surface area contributed by atoms with Crippen LogP contribution in [0.25, 0.3) is 10.9 Å². The van der Waals surface area contributed by atoms with Gasteiger partial charge in [-0.15, -0.1) is 0 Å². The van der Waals surface area contributed by atoms with Crippen molar-refractivity contribution in [2.75, 3.05) is 49.6 Å². The molecule has 1 saturated carbocycles. The van der Waals surface area contributed by atoms with Crippen LogP contribution in [0, 0.1) is 5.82 Å². The molecule has 1 aromatic heterocycles. The van der Waals surface area contributed by atoms with Crippen molar-refractivity contribution < 1.29 is 14.3 Å². The Hall–Kier alpha value is -2.81. The van der Waals surface area contributed by atoms with Gasteiger partial charge in [-0.1, -0.05) is 0 Å². The first-order valence-electron chi connectivity index (χ1n) is 8.93. The molecule has 4 rings (SSSR count). The number of piperazine rings is 1. The first-order valence-corrected chi connectivity index (χ1v) is 8.93. The minimum atomic E-state index is -1.27. The number of carboxylic acid groups (broad SMARTS) is 1. The number of aromatic carboxylic acids is 1. The van der Waals surface area contributed by atoms with E-state index in [1.807, 2.05) is 11.9 Å². The molecule has 2 aromatic rings. The van der Waals surface area contributed by atoms with E-state index in [1.54, 1.807) is 0 Å². The van der Waals surface area contributed by atoms with Crippen molar-refractivity contribution >= 4 is 33.9 Å². The van der Waals surface area contributed by atoms with Gasteiger partial charge in [-0.05, 0) is 19.9 Å². The van der Waals surface area contributed by atoms with Gasteiger partial charge in [0.15, 0.2) is 11.2 Å². The smallest absolute Gasteiger partial charge is 0.352 e. The molecule has 2 fully saturated rings. The van der Waals surface area contributed by atoms with E-state index < -0.39 is 17.2 Å². The molecule has 0 bridgehead atoms. The van der Waals surface area contributed by atoms with Gasteiger partial charge in [-0.3, -0.25) is 4.79 Å². The minimum Gasteiger partial charge on any atom is -0.477 e. The fourth-order valence-electron chi connectivity index (χ4n) is 3.81. The van der Waals surface area contributed by atoms with Crippen molar-refractivity contribution in [2.45, 2.75) is 18.9 Å². The van der Waals surface area contributed by atoms with Gasteiger partial charge < -0.3 is 30.9 Å². The quantitative estimate of drug-likeness (QED) is 0.687. The molecule has 0 amide bonds. The van der Waals surface area contributed by atoms with E-state index in [1.165, 1.54) is 4.57 Å². The van der Waals surface area contributed by atoms with Crippen molar-refractivity contribution in [3.8, 4) is 0 Å². The molecule has 5 N–H and O–H groups in total. The second kappa shape index (κ2) is 6.12. The van der Waals surface area contributed by atoms with Crippen molar-refractivity contribution in [1.29, 1.82) is 0 Å². The van der Waals surface area contributed by atoms with Crippen molar-refractivity contribution in [3.63, 3.8) is 0 Å². The van der Waals surface area contributed by atoms with Crippen LogP contribution in [0.3, 0.4) is 0 Å². The zero-order valence-electron chi connectivity index (χ0n) is 15.0. The molecule has 27 heavy (non-hydrogen) atoms. The first kappa shape index (κ1) is 17.6. The average molecular weight is 375 g/mol. The first-order chi connectivity index (χ1) is 12.8. The Morgan fingerprint density at radius 3 is 2.37 bits per heavy atom. The molecule has 1 aliphatic heterocycles. The summed E-state index contributed by atoms with van der Waals surface area (Å²) in [6, 6.07) is 0.852. The molecule has 2 aliphatic rings. The van der Waals surface area contributed by atoms with Crippen LogP contribution in [-0.2, 0) is 0 Å². The lowest BCUT2D eigenvalue weighted by Gasteiger charge is -2.35. The number of carboxylic acids is 1. The third kappa shape index (κ3) is 2.69. The molecule has 1 aromatic carbocycles. The fourth-order valence-corrected chi connectivity index (χ4v) is 3.81. The minimum absolute atomic E-state index is 0.0108. The maximum atomic E-state index is 15.7. The molecule has 9 heteroatoms.